The lowest BCUT2D eigenvalue weighted by atomic mass is 9.99. The molecule has 11 heteroatoms. The Balaban J connectivity index is 1.12. The van der Waals surface area contributed by atoms with E-state index >= 15 is 0 Å². The quantitative estimate of drug-likeness (QED) is 0.371. The average molecular weight is 616 g/mol. The van der Waals surface area contributed by atoms with Crippen LogP contribution in [-0.4, -0.2) is 92.4 Å². The van der Waals surface area contributed by atoms with Crippen molar-refractivity contribution in [3.63, 3.8) is 0 Å². The molecule has 1 aromatic heterocycles. The Kier molecular flexibility index (Phi) is 9.66. The molecule has 1 unspecified atom stereocenters. The predicted molar refractivity (Wildman–Crippen MR) is 170 cm³/mol. The van der Waals surface area contributed by atoms with Gasteiger partial charge < -0.3 is 34.5 Å². The standard InChI is InChI=1S/C34H41N5O6/c1-23(40)39-15-13-38(14-16-39)21-24-5-3-6-26(19-24)36-30-10-9-29(37-34(30)42-2)28-7-4-8-31-32(28)45-27(22-44-31)20-35-33(41)25-11-17-43-18-12-25/h3-10,19,25,27,36H,11-18,20-22H2,1-2H3,(H,35,41). The number of carbonyl (C=O) groups excluding carboxylic acids is 2. The number of anilines is 2. The first kappa shape index (κ1) is 30.7. The summed E-state index contributed by atoms with van der Waals surface area (Å²) in [5, 5.41) is 6.50. The fraction of sp³-hybridized carbons (Fsp3) is 0.441. The molecule has 2 aromatic carbocycles. The van der Waals surface area contributed by atoms with Gasteiger partial charge in [0, 0.05) is 70.0 Å². The minimum absolute atomic E-state index is 0.0212. The van der Waals surface area contributed by atoms with Crippen molar-refractivity contribution in [2.24, 2.45) is 5.92 Å². The summed E-state index contributed by atoms with van der Waals surface area (Å²) in [4.78, 5) is 33.4. The molecule has 238 valence electrons. The number of methoxy groups -OCH3 is 1. The number of fused-ring (bicyclic) bond motifs is 1. The zero-order valence-corrected chi connectivity index (χ0v) is 25.9. The molecule has 45 heavy (non-hydrogen) atoms. The maximum absolute atomic E-state index is 12.6. The molecule has 1 atom stereocenters. The monoisotopic (exact) mass is 615 g/mol. The largest absolute Gasteiger partial charge is 0.486 e. The van der Waals surface area contributed by atoms with Crippen LogP contribution in [0.2, 0.25) is 0 Å². The predicted octanol–water partition coefficient (Wildman–Crippen LogP) is 3.85. The highest BCUT2D eigenvalue weighted by Gasteiger charge is 2.27. The van der Waals surface area contributed by atoms with Gasteiger partial charge in [0.05, 0.1) is 19.3 Å². The molecular weight excluding hydrogens is 574 g/mol. The van der Waals surface area contributed by atoms with Crippen molar-refractivity contribution < 1.29 is 28.5 Å². The van der Waals surface area contributed by atoms with Crippen LogP contribution in [0.5, 0.6) is 17.4 Å². The van der Waals surface area contributed by atoms with Gasteiger partial charge in [0.1, 0.15) is 18.4 Å². The van der Waals surface area contributed by atoms with Gasteiger partial charge in [-0.05, 0) is 54.8 Å². The van der Waals surface area contributed by atoms with E-state index < -0.39 is 0 Å². The normalized spacial score (nSPS) is 18.7. The number of aromatic nitrogens is 1. The number of ether oxygens (including phenoxy) is 4. The van der Waals surface area contributed by atoms with Crippen molar-refractivity contribution in [1.29, 1.82) is 0 Å². The Morgan fingerprint density at radius 3 is 2.60 bits per heavy atom. The zero-order chi connectivity index (χ0) is 31.2. The van der Waals surface area contributed by atoms with Crippen molar-refractivity contribution in [2.45, 2.75) is 32.4 Å². The van der Waals surface area contributed by atoms with Crippen molar-refractivity contribution in [3.8, 4) is 28.6 Å². The molecule has 3 aliphatic rings. The summed E-state index contributed by atoms with van der Waals surface area (Å²) in [6, 6.07) is 17.9. The van der Waals surface area contributed by atoms with E-state index in [1.807, 2.05) is 47.4 Å². The fourth-order valence-corrected chi connectivity index (χ4v) is 5.98. The number of rotatable bonds is 9. The van der Waals surface area contributed by atoms with Gasteiger partial charge in [-0.1, -0.05) is 18.2 Å². The van der Waals surface area contributed by atoms with Gasteiger partial charge in [-0.15, -0.1) is 0 Å². The maximum Gasteiger partial charge on any atom is 0.238 e. The van der Waals surface area contributed by atoms with Gasteiger partial charge in [0.25, 0.3) is 0 Å². The molecule has 4 heterocycles. The first-order valence-electron chi connectivity index (χ1n) is 15.6. The van der Waals surface area contributed by atoms with Crippen LogP contribution in [0.15, 0.2) is 54.6 Å². The molecular formula is C34H41N5O6. The van der Waals surface area contributed by atoms with Crippen molar-refractivity contribution >= 4 is 23.2 Å². The highest BCUT2D eigenvalue weighted by molar-refractivity contribution is 5.79. The van der Waals surface area contributed by atoms with E-state index in [1.54, 1.807) is 14.0 Å². The van der Waals surface area contributed by atoms with Gasteiger partial charge in [0.2, 0.25) is 17.7 Å². The smallest absolute Gasteiger partial charge is 0.238 e. The second-order valence-electron chi connectivity index (χ2n) is 11.7. The van der Waals surface area contributed by atoms with E-state index in [0.717, 1.165) is 62.5 Å². The summed E-state index contributed by atoms with van der Waals surface area (Å²) < 4.78 is 23.5. The second-order valence-corrected chi connectivity index (χ2v) is 11.7. The first-order chi connectivity index (χ1) is 22.0. The summed E-state index contributed by atoms with van der Waals surface area (Å²) in [6.45, 7) is 7.64. The lowest BCUT2D eigenvalue weighted by molar-refractivity contribution is -0.130. The third kappa shape index (κ3) is 7.49. The number of benzene rings is 2. The molecule has 0 bridgehead atoms. The highest BCUT2D eigenvalue weighted by atomic mass is 16.6. The lowest BCUT2D eigenvalue weighted by Gasteiger charge is -2.34. The topological polar surface area (TPSA) is 114 Å². The Labute approximate surface area is 263 Å². The third-order valence-electron chi connectivity index (χ3n) is 8.54. The summed E-state index contributed by atoms with van der Waals surface area (Å²) >= 11 is 0. The number of carbonyl (C=O) groups is 2. The molecule has 2 N–H and O–H groups in total. The summed E-state index contributed by atoms with van der Waals surface area (Å²) in [6.07, 6.45) is 1.16. The minimum atomic E-state index is -0.324. The number of nitrogens with one attached hydrogen (secondary N) is 2. The molecule has 11 nitrogen and oxygen atoms in total. The van der Waals surface area contributed by atoms with Crippen LogP contribution in [0.4, 0.5) is 11.4 Å². The Morgan fingerprint density at radius 1 is 1.02 bits per heavy atom. The summed E-state index contributed by atoms with van der Waals surface area (Å²) in [5.74, 6) is 1.84. The second kappa shape index (κ2) is 14.2. The van der Waals surface area contributed by atoms with E-state index in [9.17, 15) is 9.59 Å². The molecule has 2 amide bonds. The molecule has 2 saturated heterocycles. The van der Waals surface area contributed by atoms with Crippen molar-refractivity contribution in [2.75, 3.05) is 65.0 Å². The summed E-state index contributed by atoms with van der Waals surface area (Å²) in [7, 11) is 1.60. The lowest BCUT2D eigenvalue weighted by Crippen LogP contribution is -2.47. The zero-order valence-electron chi connectivity index (χ0n) is 25.9. The van der Waals surface area contributed by atoms with E-state index in [2.05, 4.69) is 27.7 Å². The molecule has 0 saturated carbocycles. The van der Waals surface area contributed by atoms with Gasteiger partial charge in [0.15, 0.2) is 11.5 Å². The average Bonchev–Trinajstić information content (AvgIpc) is 3.08. The molecule has 6 rings (SSSR count). The summed E-state index contributed by atoms with van der Waals surface area (Å²) in [5.41, 5.74) is 4.32. The first-order valence-corrected chi connectivity index (χ1v) is 15.6. The number of para-hydroxylation sites is 1. The Morgan fingerprint density at radius 2 is 1.82 bits per heavy atom. The number of amides is 2. The van der Waals surface area contributed by atoms with Gasteiger partial charge in [-0.25, -0.2) is 4.98 Å². The Bertz CT molecular complexity index is 1500. The van der Waals surface area contributed by atoms with Gasteiger partial charge in [-0.2, -0.15) is 0 Å². The van der Waals surface area contributed by atoms with Gasteiger partial charge >= 0.3 is 0 Å². The van der Waals surface area contributed by atoms with Crippen LogP contribution in [0, 0.1) is 5.92 Å². The van der Waals surface area contributed by atoms with Gasteiger partial charge in [-0.3, -0.25) is 14.5 Å². The number of piperazine rings is 1. The molecule has 2 fully saturated rings. The van der Waals surface area contributed by atoms with Crippen LogP contribution >= 0.6 is 0 Å². The van der Waals surface area contributed by atoms with Crippen LogP contribution in [0.3, 0.4) is 0 Å². The molecule has 0 spiro atoms. The van der Waals surface area contributed by atoms with E-state index in [-0.39, 0.29) is 23.8 Å². The fourth-order valence-electron chi connectivity index (χ4n) is 5.98. The number of hydrogen-bond donors (Lipinski definition) is 2. The molecule has 3 aromatic rings. The van der Waals surface area contributed by atoms with E-state index in [4.69, 9.17) is 23.9 Å². The van der Waals surface area contributed by atoms with Crippen LogP contribution < -0.4 is 24.8 Å². The van der Waals surface area contributed by atoms with Crippen LogP contribution in [0.1, 0.15) is 25.3 Å². The number of nitrogens with zero attached hydrogens (tertiary/aromatic N) is 3. The molecule has 0 aliphatic carbocycles. The Hall–Kier alpha value is -4.35. The third-order valence-corrected chi connectivity index (χ3v) is 8.54. The SMILES string of the molecule is COc1nc(-c2cccc3c2OC(CNC(=O)C2CCOCC2)CO3)ccc1Nc1cccc(CN2CCN(C(C)=O)CC2)c1. The van der Waals surface area contributed by atoms with E-state index in [0.29, 0.717) is 49.4 Å². The maximum atomic E-state index is 12.6. The van der Waals surface area contributed by atoms with Crippen molar-refractivity contribution in [3.05, 3.63) is 60.2 Å². The minimum Gasteiger partial charge on any atom is -0.486 e. The van der Waals surface area contributed by atoms with Crippen molar-refractivity contribution in [1.82, 2.24) is 20.1 Å². The molecule has 0 radical (unpaired) electrons. The van der Waals surface area contributed by atoms with Crippen LogP contribution in [-0.2, 0) is 20.9 Å². The van der Waals surface area contributed by atoms with Crippen LogP contribution in [0.25, 0.3) is 11.3 Å². The highest BCUT2D eigenvalue weighted by Crippen LogP contribution is 2.41. The number of pyridine rings is 1. The van der Waals surface area contributed by atoms with E-state index in [1.165, 1.54) is 5.56 Å². The number of hydrogen-bond acceptors (Lipinski definition) is 9. The molecule has 3 aliphatic heterocycles.